The Labute approximate surface area is 158 Å². The van der Waals surface area contributed by atoms with Gasteiger partial charge in [-0.15, -0.1) is 0 Å². The van der Waals surface area contributed by atoms with Gasteiger partial charge in [0.2, 0.25) is 0 Å². The van der Waals surface area contributed by atoms with E-state index in [-0.39, 0.29) is 5.41 Å². The van der Waals surface area contributed by atoms with Gasteiger partial charge in [-0.1, -0.05) is 42.5 Å². The van der Waals surface area contributed by atoms with Crippen LogP contribution in [0.4, 0.5) is 5.69 Å². The molecule has 0 unspecified atom stereocenters. The van der Waals surface area contributed by atoms with E-state index >= 15 is 0 Å². The first-order chi connectivity index (χ1) is 13.1. The quantitative estimate of drug-likeness (QED) is 0.816. The minimum Gasteiger partial charge on any atom is -0.381 e. The third-order valence-corrected chi connectivity index (χ3v) is 4.93. The number of rotatable bonds is 4. The number of para-hydroxylation sites is 1. The molecule has 138 valence electrons. The number of carbonyl (C=O) groups excluding carboxylic acids is 2. The van der Waals surface area contributed by atoms with Crippen molar-refractivity contribution in [2.75, 3.05) is 25.1 Å². The number of hydrogen-bond acceptors (Lipinski definition) is 4. The molecular formula is C21H21N3O3. The van der Waals surface area contributed by atoms with E-state index in [1.165, 1.54) is 0 Å². The minimum atomic E-state index is -0.784. The second-order valence-corrected chi connectivity index (χ2v) is 6.55. The van der Waals surface area contributed by atoms with Crippen molar-refractivity contribution in [1.29, 1.82) is 5.26 Å². The van der Waals surface area contributed by atoms with Crippen LogP contribution in [0.15, 0.2) is 54.6 Å². The molecule has 6 nitrogen and oxygen atoms in total. The van der Waals surface area contributed by atoms with Gasteiger partial charge in [0, 0.05) is 25.2 Å². The second-order valence-electron chi connectivity index (χ2n) is 6.55. The third-order valence-electron chi connectivity index (χ3n) is 4.93. The summed E-state index contributed by atoms with van der Waals surface area (Å²) in [7, 11) is 0. The highest BCUT2D eigenvalue weighted by atomic mass is 16.5. The summed E-state index contributed by atoms with van der Waals surface area (Å²) < 4.78 is 5.48. The lowest BCUT2D eigenvalue weighted by atomic mass is 9.74. The average molecular weight is 363 g/mol. The largest absolute Gasteiger partial charge is 0.381 e. The van der Waals surface area contributed by atoms with Crippen LogP contribution in [0, 0.1) is 11.3 Å². The highest BCUT2D eigenvalue weighted by Crippen LogP contribution is 2.34. The molecule has 2 N–H and O–H groups in total. The Balaban J connectivity index is 1.67. The van der Waals surface area contributed by atoms with E-state index in [0.29, 0.717) is 31.0 Å². The molecule has 2 aromatic rings. The molecular weight excluding hydrogens is 342 g/mol. The van der Waals surface area contributed by atoms with Crippen LogP contribution in [0.1, 0.15) is 24.0 Å². The van der Waals surface area contributed by atoms with Crippen molar-refractivity contribution < 1.29 is 14.3 Å². The van der Waals surface area contributed by atoms with E-state index in [1.54, 1.807) is 24.3 Å². The topological polar surface area (TPSA) is 91.2 Å². The van der Waals surface area contributed by atoms with Gasteiger partial charge in [0.05, 0.1) is 11.3 Å². The minimum absolute atomic E-state index is 0.250. The Bertz CT molecular complexity index is 852. The zero-order valence-electron chi connectivity index (χ0n) is 14.9. The van der Waals surface area contributed by atoms with Crippen molar-refractivity contribution in [1.82, 2.24) is 5.32 Å². The number of hydrogen-bond donors (Lipinski definition) is 2. The fourth-order valence-electron chi connectivity index (χ4n) is 3.32. The van der Waals surface area contributed by atoms with Crippen molar-refractivity contribution >= 4 is 17.5 Å². The van der Waals surface area contributed by atoms with Crippen LogP contribution in [-0.4, -0.2) is 31.6 Å². The summed E-state index contributed by atoms with van der Waals surface area (Å²) in [6, 6.07) is 18.5. The molecule has 1 aliphatic rings. The highest BCUT2D eigenvalue weighted by molar-refractivity contribution is 6.39. The summed E-state index contributed by atoms with van der Waals surface area (Å²) in [5.41, 5.74) is 1.51. The Kier molecular flexibility index (Phi) is 5.84. The Hall–Kier alpha value is -3.17. The maximum absolute atomic E-state index is 12.3. The number of nitrogens with one attached hydrogen (secondary N) is 2. The van der Waals surface area contributed by atoms with Crippen LogP contribution in [0.5, 0.6) is 0 Å². The SMILES string of the molecule is N#Cc1ccccc1NC(=O)C(=O)NCC1(c2ccccc2)CCOCC1. The number of ether oxygens (including phenoxy) is 1. The number of anilines is 1. The Morgan fingerprint density at radius 2 is 1.67 bits per heavy atom. The number of amides is 2. The molecule has 2 amide bonds. The lowest BCUT2D eigenvalue weighted by Crippen LogP contribution is -2.47. The Morgan fingerprint density at radius 3 is 2.37 bits per heavy atom. The van der Waals surface area contributed by atoms with E-state index in [2.05, 4.69) is 10.6 Å². The van der Waals surface area contributed by atoms with Gasteiger partial charge in [-0.2, -0.15) is 5.26 Å². The zero-order chi connectivity index (χ0) is 19.1. The zero-order valence-corrected chi connectivity index (χ0v) is 14.9. The number of nitrogens with zero attached hydrogens (tertiary/aromatic N) is 1. The molecule has 0 bridgehead atoms. The molecule has 1 fully saturated rings. The van der Waals surface area contributed by atoms with Gasteiger partial charge in [0.15, 0.2) is 0 Å². The molecule has 27 heavy (non-hydrogen) atoms. The van der Waals surface area contributed by atoms with Crippen molar-refractivity contribution in [2.45, 2.75) is 18.3 Å². The Morgan fingerprint density at radius 1 is 1.00 bits per heavy atom. The van der Waals surface area contributed by atoms with Gasteiger partial charge in [-0.25, -0.2) is 0 Å². The molecule has 1 aliphatic heterocycles. The monoisotopic (exact) mass is 363 g/mol. The molecule has 0 aliphatic carbocycles. The maximum atomic E-state index is 12.3. The summed E-state index contributed by atoms with van der Waals surface area (Å²) in [5, 5.41) is 14.4. The van der Waals surface area contributed by atoms with Crippen molar-refractivity contribution in [2.24, 2.45) is 0 Å². The normalized spacial score (nSPS) is 15.4. The van der Waals surface area contributed by atoms with Crippen LogP contribution < -0.4 is 10.6 Å². The maximum Gasteiger partial charge on any atom is 0.313 e. The van der Waals surface area contributed by atoms with Crippen LogP contribution >= 0.6 is 0 Å². The third kappa shape index (κ3) is 4.33. The molecule has 1 heterocycles. The first kappa shape index (κ1) is 18.6. The first-order valence-corrected chi connectivity index (χ1v) is 8.86. The van der Waals surface area contributed by atoms with E-state index in [9.17, 15) is 9.59 Å². The summed E-state index contributed by atoms with van der Waals surface area (Å²) in [4.78, 5) is 24.6. The summed E-state index contributed by atoms with van der Waals surface area (Å²) >= 11 is 0. The standard InChI is InChI=1S/C21H21N3O3/c22-14-16-6-4-5-9-18(16)24-20(26)19(25)23-15-21(10-12-27-13-11-21)17-7-2-1-3-8-17/h1-9H,10-13,15H2,(H,23,25)(H,24,26). The predicted molar refractivity (Wildman–Crippen MR) is 101 cm³/mol. The van der Waals surface area contributed by atoms with Gasteiger partial charge in [0.1, 0.15) is 6.07 Å². The van der Waals surface area contributed by atoms with Crippen LogP contribution in [0.2, 0.25) is 0 Å². The van der Waals surface area contributed by atoms with Crippen LogP contribution in [0.3, 0.4) is 0 Å². The first-order valence-electron chi connectivity index (χ1n) is 8.86. The fraction of sp³-hybridized carbons (Fsp3) is 0.286. The summed E-state index contributed by atoms with van der Waals surface area (Å²) in [5.74, 6) is -1.50. The molecule has 0 radical (unpaired) electrons. The summed E-state index contributed by atoms with van der Waals surface area (Å²) in [6.45, 7) is 1.59. The lowest BCUT2D eigenvalue weighted by Gasteiger charge is -2.37. The number of carbonyl (C=O) groups is 2. The molecule has 0 saturated carbocycles. The van der Waals surface area contributed by atoms with Gasteiger partial charge < -0.3 is 15.4 Å². The second kappa shape index (κ2) is 8.47. The van der Waals surface area contributed by atoms with Crippen LogP contribution in [-0.2, 0) is 19.7 Å². The molecule has 0 atom stereocenters. The van der Waals surface area contributed by atoms with Crippen LogP contribution in [0.25, 0.3) is 0 Å². The number of benzene rings is 2. The van der Waals surface area contributed by atoms with Gasteiger partial charge >= 0.3 is 11.8 Å². The van der Waals surface area contributed by atoms with E-state index in [1.807, 2.05) is 36.4 Å². The smallest absolute Gasteiger partial charge is 0.313 e. The van der Waals surface area contributed by atoms with Crippen molar-refractivity contribution in [3.8, 4) is 6.07 Å². The average Bonchev–Trinajstić information content (AvgIpc) is 2.73. The molecule has 3 rings (SSSR count). The molecule has 6 heteroatoms. The molecule has 1 saturated heterocycles. The molecule has 0 aromatic heterocycles. The van der Waals surface area contributed by atoms with Crippen molar-refractivity contribution in [3.63, 3.8) is 0 Å². The lowest BCUT2D eigenvalue weighted by molar-refractivity contribution is -0.136. The number of nitriles is 1. The highest BCUT2D eigenvalue weighted by Gasteiger charge is 2.35. The fourth-order valence-corrected chi connectivity index (χ4v) is 3.32. The van der Waals surface area contributed by atoms with Crippen molar-refractivity contribution in [3.05, 3.63) is 65.7 Å². The summed E-state index contributed by atoms with van der Waals surface area (Å²) in [6.07, 6.45) is 1.55. The van der Waals surface area contributed by atoms with Gasteiger partial charge in [-0.05, 0) is 30.5 Å². The molecule has 2 aromatic carbocycles. The predicted octanol–water partition coefficient (Wildman–Crippen LogP) is 2.36. The van der Waals surface area contributed by atoms with E-state index in [4.69, 9.17) is 10.00 Å². The molecule has 0 spiro atoms. The van der Waals surface area contributed by atoms with E-state index in [0.717, 1.165) is 18.4 Å². The van der Waals surface area contributed by atoms with E-state index < -0.39 is 11.8 Å². The van der Waals surface area contributed by atoms with Gasteiger partial charge in [0.25, 0.3) is 0 Å². The van der Waals surface area contributed by atoms with Gasteiger partial charge in [-0.3, -0.25) is 9.59 Å².